The fraction of sp³-hybridized carbons (Fsp3) is 0. The maximum Gasteiger partial charge on any atom is 0.0541 e. The summed E-state index contributed by atoms with van der Waals surface area (Å²) in [6.45, 7) is 0. The van der Waals surface area contributed by atoms with Gasteiger partial charge < -0.3 is 13.7 Å². The Morgan fingerprint density at radius 1 is 0.241 bits per heavy atom. The van der Waals surface area contributed by atoms with Gasteiger partial charge in [-0.15, -0.1) is 0 Å². The van der Waals surface area contributed by atoms with Crippen molar-refractivity contribution in [3.05, 3.63) is 210 Å². The maximum atomic E-state index is 2.42. The first kappa shape index (κ1) is 33.3. The van der Waals surface area contributed by atoms with Gasteiger partial charge in [0.25, 0.3) is 0 Å². The Kier molecular flexibility index (Phi) is 7.50. The largest absolute Gasteiger partial charge is 0.309 e. The highest BCUT2D eigenvalue weighted by Gasteiger charge is 2.18. The third-order valence-corrected chi connectivity index (χ3v) is 12.6. The molecule has 0 amide bonds. The highest BCUT2D eigenvalue weighted by atomic mass is 127. The van der Waals surface area contributed by atoms with Gasteiger partial charge in [-0.3, -0.25) is 0 Å². The summed E-state index contributed by atoms with van der Waals surface area (Å²) in [6.07, 6.45) is 0. The summed E-state index contributed by atoms with van der Waals surface area (Å²) in [5.41, 5.74) is 15.6. The van der Waals surface area contributed by atoms with E-state index in [0.29, 0.717) is 0 Å². The molecular weight excluding hydrogens is 818 g/mol. The van der Waals surface area contributed by atoms with Gasteiger partial charge in [0.2, 0.25) is 0 Å². The highest BCUT2D eigenvalue weighted by Crippen LogP contribution is 2.41. The van der Waals surface area contributed by atoms with Gasteiger partial charge in [-0.2, -0.15) is 0 Å². The zero-order valence-electron chi connectivity index (χ0n) is 31.3. The molecule has 0 aliphatic carbocycles. The smallest absolute Gasteiger partial charge is 0.0541 e. The van der Waals surface area contributed by atoms with Gasteiger partial charge in [0.15, 0.2) is 0 Å². The molecule has 0 aliphatic rings. The third kappa shape index (κ3) is 5.11. The van der Waals surface area contributed by atoms with Crippen LogP contribution in [-0.4, -0.2) is 13.7 Å². The molecule has 58 heavy (non-hydrogen) atoms. The zero-order chi connectivity index (χ0) is 38.3. The predicted molar refractivity (Wildman–Crippen MR) is 253 cm³/mol. The minimum absolute atomic E-state index is 1.16. The molecule has 272 valence electrons. The van der Waals surface area contributed by atoms with E-state index >= 15 is 0 Å². The van der Waals surface area contributed by atoms with Gasteiger partial charge in [-0.1, -0.05) is 97.1 Å². The molecular formula is C54H34IN3. The third-order valence-electron chi connectivity index (χ3n) is 11.9. The molecule has 0 atom stereocenters. The summed E-state index contributed by atoms with van der Waals surface area (Å²) < 4.78 is 8.40. The van der Waals surface area contributed by atoms with Gasteiger partial charge >= 0.3 is 0 Å². The fourth-order valence-electron chi connectivity index (χ4n) is 9.27. The number of fused-ring (bicyclic) bond motifs is 9. The lowest BCUT2D eigenvalue weighted by atomic mass is 9.98. The van der Waals surface area contributed by atoms with E-state index in [9.17, 15) is 0 Å². The minimum Gasteiger partial charge on any atom is -0.309 e. The molecule has 0 fully saturated rings. The average molecular weight is 852 g/mol. The second kappa shape index (κ2) is 13.1. The van der Waals surface area contributed by atoms with Gasteiger partial charge in [-0.25, -0.2) is 0 Å². The van der Waals surface area contributed by atoms with Crippen LogP contribution in [0.5, 0.6) is 0 Å². The number of hydrogen-bond donors (Lipinski definition) is 0. The van der Waals surface area contributed by atoms with E-state index in [2.05, 4.69) is 243 Å². The summed E-state index contributed by atoms with van der Waals surface area (Å²) in [5, 5.41) is 7.50. The number of halogens is 1. The number of hydrogen-bond acceptors (Lipinski definition) is 0. The molecule has 3 nitrogen and oxygen atoms in total. The van der Waals surface area contributed by atoms with Crippen molar-refractivity contribution >= 4 is 88.0 Å². The lowest BCUT2D eigenvalue weighted by Crippen LogP contribution is -1.94. The quantitative estimate of drug-likeness (QED) is 0.153. The second-order valence-electron chi connectivity index (χ2n) is 15.1. The van der Waals surface area contributed by atoms with Gasteiger partial charge in [-0.05, 0) is 154 Å². The van der Waals surface area contributed by atoms with Crippen LogP contribution in [0.25, 0.3) is 105 Å². The number of rotatable bonds is 5. The lowest BCUT2D eigenvalue weighted by molar-refractivity contribution is 1.18. The summed E-state index contributed by atoms with van der Waals surface area (Å²) >= 11 is 2.39. The van der Waals surface area contributed by atoms with Gasteiger partial charge in [0, 0.05) is 52.9 Å². The molecule has 12 aromatic rings. The molecule has 0 bridgehead atoms. The van der Waals surface area contributed by atoms with Crippen LogP contribution in [0, 0.1) is 3.57 Å². The van der Waals surface area contributed by atoms with Crippen LogP contribution >= 0.6 is 22.6 Å². The van der Waals surface area contributed by atoms with E-state index < -0.39 is 0 Å². The van der Waals surface area contributed by atoms with Crippen LogP contribution in [0.2, 0.25) is 0 Å². The van der Waals surface area contributed by atoms with E-state index in [4.69, 9.17) is 0 Å². The van der Waals surface area contributed by atoms with Crippen molar-refractivity contribution in [2.75, 3.05) is 0 Å². The molecule has 4 heteroatoms. The van der Waals surface area contributed by atoms with Crippen molar-refractivity contribution in [2.24, 2.45) is 0 Å². The molecule has 12 rings (SSSR count). The van der Waals surface area contributed by atoms with Crippen molar-refractivity contribution in [1.82, 2.24) is 13.7 Å². The minimum atomic E-state index is 1.16. The van der Waals surface area contributed by atoms with Crippen LogP contribution in [0.1, 0.15) is 0 Å². The Bertz CT molecular complexity index is 3340. The van der Waals surface area contributed by atoms with Crippen molar-refractivity contribution in [1.29, 1.82) is 0 Å². The Morgan fingerprint density at radius 3 is 0.914 bits per heavy atom. The molecule has 9 aromatic carbocycles. The summed E-state index contributed by atoms with van der Waals surface area (Å²) in [5.74, 6) is 0. The van der Waals surface area contributed by atoms with E-state index in [1.165, 1.54) is 103 Å². The molecule has 0 spiro atoms. The molecule has 0 saturated carbocycles. The van der Waals surface area contributed by atoms with Crippen molar-refractivity contribution in [3.63, 3.8) is 0 Å². The number of para-hydroxylation sites is 4. The summed E-state index contributed by atoms with van der Waals surface area (Å²) in [6, 6.07) is 75.6. The lowest BCUT2D eigenvalue weighted by Gasteiger charge is -2.10. The first-order valence-electron chi connectivity index (χ1n) is 19.7. The Hall–Kier alpha value is -6.89. The number of benzene rings is 9. The number of aromatic nitrogens is 3. The molecule has 0 unspecified atom stereocenters. The first-order valence-corrected chi connectivity index (χ1v) is 20.8. The monoisotopic (exact) mass is 851 g/mol. The van der Waals surface area contributed by atoms with E-state index in [-0.39, 0.29) is 0 Å². The average Bonchev–Trinajstić information content (AvgIpc) is 3.92. The highest BCUT2D eigenvalue weighted by molar-refractivity contribution is 14.1. The normalized spacial score (nSPS) is 11.9. The Balaban J connectivity index is 1.05. The molecule has 0 aliphatic heterocycles. The zero-order valence-corrected chi connectivity index (χ0v) is 33.5. The Morgan fingerprint density at radius 2 is 0.534 bits per heavy atom. The molecule has 0 radical (unpaired) electrons. The van der Waals surface area contributed by atoms with Crippen LogP contribution in [0.3, 0.4) is 0 Å². The summed E-state index contributed by atoms with van der Waals surface area (Å²) in [4.78, 5) is 0. The second-order valence-corrected chi connectivity index (χ2v) is 16.4. The first-order chi connectivity index (χ1) is 28.7. The van der Waals surface area contributed by atoms with Crippen molar-refractivity contribution < 1.29 is 0 Å². The molecule has 0 saturated heterocycles. The van der Waals surface area contributed by atoms with Crippen LogP contribution in [-0.2, 0) is 0 Å². The maximum absolute atomic E-state index is 2.42. The topological polar surface area (TPSA) is 14.8 Å². The van der Waals surface area contributed by atoms with Crippen LogP contribution in [0.4, 0.5) is 0 Å². The van der Waals surface area contributed by atoms with E-state index in [1.54, 1.807) is 0 Å². The molecule has 3 aromatic heterocycles. The van der Waals surface area contributed by atoms with Crippen LogP contribution in [0.15, 0.2) is 206 Å². The molecule has 3 heterocycles. The SMILES string of the molecule is Ic1ccc(-n2c3ccc(-c4ccc5c(c4)c4ccccc4n5-c4ccccc4)cc3c3cc(-c4ccc5c(c4)c4ccccc4n5-c4ccccc4)ccc32)cc1. The summed E-state index contributed by atoms with van der Waals surface area (Å²) in [7, 11) is 0. The van der Waals surface area contributed by atoms with E-state index in [1.807, 2.05) is 0 Å². The fourth-order valence-corrected chi connectivity index (χ4v) is 9.63. The Labute approximate surface area is 348 Å². The van der Waals surface area contributed by atoms with Crippen molar-refractivity contribution in [2.45, 2.75) is 0 Å². The standard InChI is InChI=1S/C54H34IN3/c55-39-23-25-42(26-24-39)58-53-29-21-37(35-19-27-51-45(31-35)43-15-7-9-17-49(43)56(51)40-11-3-1-4-12-40)33-47(53)48-34-38(22-30-54(48)58)36-20-28-52-46(32-36)44-16-8-10-18-50(44)57(52)41-13-5-2-6-14-41/h1-34H. The predicted octanol–water partition coefficient (Wildman–Crippen LogP) is 14.9. The molecule has 0 N–H and O–H groups in total. The van der Waals surface area contributed by atoms with Crippen molar-refractivity contribution in [3.8, 4) is 39.3 Å². The van der Waals surface area contributed by atoms with Crippen LogP contribution < -0.4 is 0 Å². The van der Waals surface area contributed by atoms with E-state index in [0.717, 1.165) is 5.69 Å². The van der Waals surface area contributed by atoms with Gasteiger partial charge in [0.1, 0.15) is 0 Å². The van der Waals surface area contributed by atoms with Gasteiger partial charge in [0.05, 0.1) is 33.1 Å². The number of nitrogens with zero attached hydrogens (tertiary/aromatic N) is 3.